The van der Waals surface area contributed by atoms with Gasteiger partial charge in [0.25, 0.3) is 11.8 Å². The highest BCUT2D eigenvalue weighted by Crippen LogP contribution is 2.32. The van der Waals surface area contributed by atoms with Crippen LogP contribution in [0.3, 0.4) is 0 Å². The normalized spacial score (nSPS) is 18.2. The second-order valence-electron chi connectivity index (χ2n) is 10.5. The van der Waals surface area contributed by atoms with Crippen LogP contribution in [0, 0.1) is 0 Å². The number of nitrogens with one attached hydrogen (secondary N) is 1. The Bertz CT molecular complexity index is 1690. The number of anilines is 1. The van der Waals surface area contributed by atoms with Crippen LogP contribution in [0.5, 0.6) is 5.75 Å². The Morgan fingerprint density at radius 2 is 1.71 bits per heavy atom. The van der Waals surface area contributed by atoms with Crippen LogP contribution in [0.15, 0.2) is 59.5 Å². The molecule has 3 aromatic carbocycles. The molecule has 12 heteroatoms. The topological polar surface area (TPSA) is 91.8 Å². The lowest BCUT2D eigenvalue weighted by molar-refractivity contribution is -0.0564. The van der Waals surface area contributed by atoms with E-state index in [1.165, 1.54) is 15.6 Å². The van der Waals surface area contributed by atoms with Gasteiger partial charge in [0.2, 0.25) is 10.0 Å². The van der Waals surface area contributed by atoms with Crippen molar-refractivity contribution in [2.75, 3.05) is 44.6 Å². The average molecular weight is 601 g/mol. The quantitative estimate of drug-likeness (QED) is 0.283. The van der Waals surface area contributed by atoms with Crippen molar-refractivity contribution in [3.8, 4) is 5.75 Å². The zero-order chi connectivity index (χ0) is 28.6. The minimum absolute atomic E-state index is 0.162. The molecule has 2 saturated heterocycles. The monoisotopic (exact) mass is 600 g/mol. The van der Waals surface area contributed by atoms with E-state index in [0.29, 0.717) is 59.4 Å². The first kappa shape index (κ1) is 28.0. The molecule has 1 aromatic heterocycles. The van der Waals surface area contributed by atoms with Crippen molar-refractivity contribution in [2.24, 2.45) is 0 Å². The molecule has 216 valence electrons. The number of carbonyl (C=O) groups excluding carboxylic acids is 1. The zero-order valence-electron chi connectivity index (χ0n) is 22.3. The Hall–Kier alpha value is -3.19. The first-order valence-electron chi connectivity index (χ1n) is 13.7. The maximum atomic E-state index is 13.5. The van der Waals surface area contributed by atoms with Crippen LogP contribution in [-0.2, 0) is 10.0 Å². The third-order valence-electron chi connectivity index (χ3n) is 7.63. The summed E-state index contributed by atoms with van der Waals surface area (Å²) in [5, 5.41) is 4.96. The summed E-state index contributed by atoms with van der Waals surface area (Å²) >= 11 is 1.20. The number of fused-ring (bicyclic) bond motifs is 2. The van der Waals surface area contributed by atoms with Crippen molar-refractivity contribution >= 4 is 53.4 Å². The van der Waals surface area contributed by atoms with Crippen LogP contribution in [-0.4, -0.2) is 73.8 Å². The van der Waals surface area contributed by atoms with E-state index in [1.807, 2.05) is 35.2 Å². The van der Waals surface area contributed by atoms with Crippen LogP contribution in [0.2, 0.25) is 0 Å². The van der Waals surface area contributed by atoms with Gasteiger partial charge in [-0.15, -0.1) is 0 Å². The minimum atomic E-state index is -3.57. The van der Waals surface area contributed by atoms with Crippen LogP contribution < -0.4 is 10.1 Å². The number of thiazole rings is 1. The Morgan fingerprint density at radius 3 is 2.44 bits per heavy atom. The highest BCUT2D eigenvalue weighted by atomic mass is 32.2. The van der Waals surface area contributed by atoms with Crippen molar-refractivity contribution in [3.63, 3.8) is 0 Å². The van der Waals surface area contributed by atoms with Gasteiger partial charge in [-0.25, -0.2) is 22.2 Å². The molecule has 0 atom stereocenters. The number of piperidine rings is 1. The van der Waals surface area contributed by atoms with Crippen molar-refractivity contribution in [3.05, 3.63) is 60.2 Å². The fraction of sp³-hybridized carbons (Fsp3) is 0.379. The lowest BCUT2D eigenvalue weighted by Gasteiger charge is -2.31. The summed E-state index contributed by atoms with van der Waals surface area (Å²) < 4.78 is 61.2. The summed E-state index contributed by atoms with van der Waals surface area (Å²) in [7, 11) is -3.57. The Labute approximate surface area is 241 Å². The maximum absolute atomic E-state index is 13.5. The molecule has 6 rings (SSSR count). The molecule has 0 bridgehead atoms. The first-order chi connectivity index (χ1) is 19.7. The summed E-state index contributed by atoms with van der Waals surface area (Å²) in [5.74, 6) is -2.62. The molecule has 8 nitrogen and oxygen atoms in total. The molecule has 0 spiro atoms. The van der Waals surface area contributed by atoms with E-state index in [2.05, 4.69) is 10.3 Å². The molecule has 4 aromatic rings. The number of ether oxygens (including phenoxy) is 1. The van der Waals surface area contributed by atoms with Gasteiger partial charge in [0.15, 0.2) is 5.13 Å². The Kier molecular flexibility index (Phi) is 7.66. The minimum Gasteiger partial charge on any atom is -0.491 e. The Morgan fingerprint density at radius 1 is 1.00 bits per heavy atom. The van der Waals surface area contributed by atoms with Gasteiger partial charge in [-0.1, -0.05) is 35.6 Å². The third-order valence-corrected chi connectivity index (χ3v) is 10.5. The molecule has 0 aliphatic carbocycles. The fourth-order valence-corrected chi connectivity index (χ4v) is 7.78. The molecule has 2 fully saturated rings. The van der Waals surface area contributed by atoms with Crippen LogP contribution >= 0.6 is 11.3 Å². The molecule has 0 saturated carbocycles. The van der Waals surface area contributed by atoms with E-state index >= 15 is 0 Å². The predicted octanol–water partition coefficient (Wildman–Crippen LogP) is 5.60. The van der Waals surface area contributed by atoms with Crippen molar-refractivity contribution in [1.82, 2.24) is 14.2 Å². The van der Waals surface area contributed by atoms with Gasteiger partial charge in [-0.3, -0.25) is 15.0 Å². The van der Waals surface area contributed by atoms with Gasteiger partial charge >= 0.3 is 0 Å². The van der Waals surface area contributed by atoms with Crippen molar-refractivity contribution in [1.29, 1.82) is 0 Å². The summed E-state index contributed by atoms with van der Waals surface area (Å²) in [4.78, 5) is 20.1. The van der Waals surface area contributed by atoms with Gasteiger partial charge < -0.3 is 4.74 Å². The maximum Gasteiger partial charge on any atom is 0.261 e. The van der Waals surface area contributed by atoms with E-state index in [-0.39, 0.29) is 24.3 Å². The molecule has 2 aliphatic rings. The second kappa shape index (κ2) is 11.2. The van der Waals surface area contributed by atoms with Crippen molar-refractivity contribution in [2.45, 2.75) is 36.5 Å². The number of nitrogens with zero attached hydrogens (tertiary/aromatic N) is 3. The van der Waals surface area contributed by atoms with Gasteiger partial charge in [-0.2, -0.15) is 4.31 Å². The Balaban J connectivity index is 1.20. The first-order valence-corrected chi connectivity index (χ1v) is 15.9. The van der Waals surface area contributed by atoms with Crippen LogP contribution in [0.1, 0.15) is 36.0 Å². The standard InChI is InChI=1S/C29H30F2N4O4S2/c30-29(31)9-13-34(14-10-29)15-16-39-25-18-21-6-2-1-5-20(21)17-23(25)27(36)33-28-32-24-8-7-22(19-26(24)40-28)41(37,38)35-11-3-4-12-35/h1-2,5-8,17-19H,3-4,9-16H2,(H,32,33,36). The number of carbonyl (C=O) groups is 1. The van der Waals surface area contributed by atoms with Gasteiger partial charge in [0.1, 0.15) is 12.4 Å². The highest BCUT2D eigenvalue weighted by molar-refractivity contribution is 7.89. The summed E-state index contributed by atoms with van der Waals surface area (Å²) in [6, 6.07) is 16.0. The number of benzene rings is 3. The molecule has 1 N–H and O–H groups in total. The summed E-state index contributed by atoms with van der Waals surface area (Å²) in [5.41, 5.74) is 0.915. The number of hydrogen-bond acceptors (Lipinski definition) is 7. The lowest BCUT2D eigenvalue weighted by Crippen LogP contribution is -2.41. The largest absolute Gasteiger partial charge is 0.491 e. The van der Waals surface area contributed by atoms with Crippen LogP contribution in [0.4, 0.5) is 13.9 Å². The predicted molar refractivity (Wildman–Crippen MR) is 156 cm³/mol. The number of likely N-dealkylation sites (tertiary alicyclic amines) is 1. The summed E-state index contributed by atoms with van der Waals surface area (Å²) in [6.07, 6.45) is 1.39. The van der Waals surface area contributed by atoms with Gasteiger partial charge in [0.05, 0.1) is 20.7 Å². The van der Waals surface area contributed by atoms with Gasteiger partial charge in [-0.05, 0) is 53.9 Å². The average Bonchev–Trinajstić information content (AvgIpc) is 3.64. The molecular weight excluding hydrogens is 570 g/mol. The van der Waals surface area contributed by atoms with E-state index in [1.54, 1.807) is 24.3 Å². The number of amides is 1. The molecular formula is C29H30F2N4O4S2. The van der Waals surface area contributed by atoms with Crippen LogP contribution in [0.25, 0.3) is 21.0 Å². The fourth-order valence-electron chi connectivity index (χ4n) is 5.27. The second-order valence-corrected chi connectivity index (χ2v) is 13.4. The highest BCUT2D eigenvalue weighted by Gasteiger charge is 2.33. The molecule has 2 aliphatic heterocycles. The smallest absolute Gasteiger partial charge is 0.261 e. The third kappa shape index (κ3) is 6.06. The number of alkyl halides is 2. The molecule has 0 unspecified atom stereocenters. The van der Waals surface area contributed by atoms with E-state index < -0.39 is 21.9 Å². The van der Waals surface area contributed by atoms with Gasteiger partial charge in [0, 0.05) is 45.6 Å². The number of sulfonamides is 1. The molecule has 1 amide bonds. The van der Waals surface area contributed by atoms with E-state index in [4.69, 9.17) is 4.74 Å². The number of aromatic nitrogens is 1. The van der Waals surface area contributed by atoms with E-state index in [9.17, 15) is 22.0 Å². The zero-order valence-corrected chi connectivity index (χ0v) is 23.9. The van der Waals surface area contributed by atoms with Crippen molar-refractivity contribution < 1.29 is 26.7 Å². The molecule has 3 heterocycles. The molecule has 41 heavy (non-hydrogen) atoms. The SMILES string of the molecule is O=C(Nc1nc2ccc(S(=O)(=O)N3CCCC3)cc2s1)c1cc2ccccc2cc1OCCN1CCC(F)(F)CC1. The number of halogens is 2. The number of rotatable bonds is 8. The van der Waals surface area contributed by atoms with E-state index in [0.717, 1.165) is 23.6 Å². The summed E-state index contributed by atoms with van der Waals surface area (Å²) in [6.45, 7) is 2.38. The molecule has 0 radical (unpaired) electrons. The number of hydrogen-bond donors (Lipinski definition) is 1. The lowest BCUT2D eigenvalue weighted by atomic mass is 10.1.